The maximum absolute atomic E-state index is 10.9. The molecule has 0 fully saturated rings. The summed E-state index contributed by atoms with van der Waals surface area (Å²) in [6, 6.07) is 5.47. The van der Waals surface area contributed by atoms with Crippen molar-refractivity contribution in [1.29, 1.82) is 0 Å². The topological polar surface area (TPSA) is 81.8 Å². The van der Waals surface area contributed by atoms with E-state index in [0.717, 1.165) is 5.56 Å². The van der Waals surface area contributed by atoms with Gasteiger partial charge in [0.15, 0.2) is 11.5 Å². The summed E-state index contributed by atoms with van der Waals surface area (Å²) in [5, 5.41) is 8.94. The van der Waals surface area contributed by atoms with Gasteiger partial charge in [-0.05, 0) is 24.1 Å². The number of hydrogen-bond acceptors (Lipinski definition) is 4. The lowest BCUT2D eigenvalue weighted by molar-refractivity contribution is -0.141. The van der Waals surface area contributed by atoms with E-state index in [-0.39, 0.29) is 6.54 Å². The molecule has 0 saturated heterocycles. The molecule has 1 heterocycles. The Labute approximate surface area is 99.1 Å². The highest BCUT2D eigenvalue weighted by Gasteiger charge is 2.18. The van der Waals surface area contributed by atoms with Gasteiger partial charge in [-0.1, -0.05) is 6.07 Å². The van der Waals surface area contributed by atoms with Gasteiger partial charge in [0.2, 0.25) is 0 Å². The van der Waals surface area contributed by atoms with Crippen LogP contribution in [0.4, 0.5) is 0 Å². The number of carboxylic acids is 1. The molecular formula is C12H15NO4. The molecule has 0 aliphatic carbocycles. The molecule has 2 rings (SSSR count). The lowest BCUT2D eigenvalue weighted by Gasteiger charge is -2.19. The average molecular weight is 237 g/mol. The SMILES string of the molecule is NCC(Cc1ccc2c(c1)OCCO2)C(=O)O. The average Bonchev–Trinajstić information content (AvgIpc) is 2.35. The first-order valence-corrected chi connectivity index (χ1v) is 5.52. The number of nitrogens with two attached hydrogens (primary N) is 1. The predicted molar refractivity (Wildman–Crippen MR) is 61.3 cm³/mol. The molecule has 1 aromatic rings. The number of carbonyl (C=O) groups is 1. The monoisotopic (exact) mass is 237 g/mol. The molecule has 1 unspecified atom stereocenters. The second-order valence-electron chi connectivity index (χ2n) is 3.95. The molecule has 92 valence electrons. The number of aliphatic carboxylic acids is 1. The van der Waals surface area contributed by atoms with Crippen molar-refractivity contribution in [2.24, 2.45) is 11.7 Å². The van der Waals surface area contributed by atoms with Gasteiger partial charge < -0.3 is 20.3 Å². The summed E-state index contributed by atoms with van der Waals surface area (Å²) >= 11 is 0. The summed E-state index contributed by atoms with van der Waals surface area (Å²) in [5.74, 6) is -0.0468. The van der Waals surface area contributed by atoms with E-state index >= 15 is 0 Å². The highest BCUT2D eigenvalue weighted by molar-refractivity contribution is 5.70. The zero-order valence-corrected chi connectivity index (χ0v) is 9.39. The van der Waals surface area contributed by atoms with E-state index < -0.39 is 11.9 Å². The van der Waals surface area contributed by atoms with Crippen molar-refractivity contribution in [1.82, 2.24) is 0 Å². The smallest absolute Gasteiger partial charge is 0.308 e. The van der Waals surface area contributed by atoms with Gasteiger partial charge >= 0.3 is 5.97 Å². The lowest BCUT2D eigenvalue weighted by Crippen LogP contribution is -2.25. The Morgan fingerprint density at radius 2 is 2.06 bits per heavy atom. The highest BCUT2D eigenvalue weighted by Crippen LogP contribution is 2.31. The van der Waals surface area contributed by atoms with Gasteiger partial charge in [-0.3, -0.25) is 4.79 Å². The second-order valence-corrected chi connectivity index (χ2v) is 3.95. The molecule has 5 heteroatoms. The minimum atomic E-state index is -0.873. The van der Waals surface area contributed by atoms with Crippen LogP contribution < -0.4 is 15.2 Å². The largest absolute Gasteiger partial charge is 0.486 e. The van der Waals surface area contributed by atoms with E-state index in [4.69, 9.17) is 20.3 Å². The van der Waals surface area contributed by atoms with Gasteiger partial charge in [0.05, 0.1) is 5.92 Å². The Morgan fingerprint density at radius 3 is 2.71 bits per heavy atom. The molecular weight excluding hydrogens is 222 g/mol. The zero-order valence-electron chi connectivity index (χ0n) is 9.39. The van der Waals surface area contributed by atoms with Crippen molar-refractivity contribution in [3.63, 3.8) is 0 Å². The van der Waals surface area contributed by atoms with Gasteiger partial charge in [0.1, 0.15) is 13.2 Å². The van der Waals surface area contributed by atoms with Gasteiger partial charge in [0.25, 0.3) is 0 Å². The van der Waals surface area contributed by atoms with Crippen LogP contribution in [0.3, 0.4) is 0 Å². The molecule has 0 spiro atoms. The van der Waals surface area contributed by atoms with E-state index in [0.29, 0.717) is 31.1 Å². The van der Waals surface area contributed by atoms with Crippen molar-refractivity contribution < 1.29 is 19.4 Å². The maximum atomic E-state index is 10.9. The van der Waals surface area contributed by atoms with Crippen molar-refractivity contribution in [3.05, 3.63) is 23.8 Å². The zero-order chi connectivity index (χ0) is 12.3. The first kappa shape index (κ1) is 11.7. The summed E-state index contributed by atoms with van der Waals surface area (Å²) in [6.45, 7) is 1.20. The summed E-state index contributed by atoms with van der Waals surface area (Å²) < 4.78 is 10.8. The van der Waals surface area contributed by atoms with Gasteiger partial charge in [0, 0.05) is 6.54 Å². The van der Waals surface area contributed by atoms with E-state index in [1.807, 2.05) is 12.1 Å². The molecule has 3 N–H and O–H groups in total. The molecule has 0 radical (unpaired) electrons. The number of hydrogen-bond donors (Lipinski definition) is 2. The normalized spacial score (nSPS) is 15.4. The fraction of sp³-hybridized carbons (Fsp3) is 0.417. The molecule has 1 aliphatic heterocycles. The van der Waals surface area contributed by atoms with Crippen LogP contribution in [0.5, 0.6) is 11.5 Å². The van der Waals surface area contributed by atoms with Crippen LogP contribution in [0, 0.1) is 5.92 Å². The number of rotatable bonds is 4. The van der Waals surface area contributed by atoms with E-state index in [2.05, 4.69) is 0 Å². The Morgan fingerprint density at radius 1 is 1.35 bits per heavy atom. The van der Waals surface area contributed by atoms with Crippen molar-refractivity contribution in [3.8, 4) is 11.5 Å². The highest BCUT2D eigenvalue weighted by atomic mass is 16.6. The van der Waals surface area contributed by atoms with Crippen molar-refractivity contribution in [2.45, 2.75) is 6.42 Å². The first-order valence-electron chi connectivity index (χ1n) is 5.52. The van der Waals surface area contributed by atoms with Gasteiger partial charge in [-0.15, -0.1) is 0 Å². The third-order valence-electron chi connectivity index (χ3n) is 2.72. The van der Waals surface area contributed by atoms with Crippen molar-refractivity contribution >= 4 is 5.97 Å². The van der Waals surface area contributed by atoms with Crippen LogP contribution in [0.2, 0.25) is 0 Å². The number of fused-ring (bicyclic) bond motifs is 1. The number of benzene rings is 1. The summed E-state index contributed by atoms with van der Waals surface area (Å²) in [7, 11) is 0. The van der Waals surface area contributed by atoms with Crippen LogP contribution in [0.15, 0.2) is 18.2 Å². The molecule has 1 aliphatic rings. The molecule has 5 nitrogen and oxygen atoms in total. The summed E-state index contributed by atoms with van der Waals surface area (Å²) in [5.41, 5.74) is 6.32. The lowest BCUT2D eigenvalue weighted by atomic mass is 9.99. The minimum absolute atomic E-state index is 0.129. The fourth-order valence-corrected chi connectivity index (χ4v) is 1.77. The third kappa shape index (κ3) is 2.68. The first-order chi connectivity index (χ1) is 8.20. The van der Waals surface area contributed by atoms with Gasteiger partial charge in [-0.25, -0.2) is 0 Å². The van der Waals surface area contributed by atoms with Crippen molar-refractivity contribution in [2.75, 3.05) is 19.8 Å². The summed E-state index contributed by atoms with van der Waals surface area (Å²) in [4.78, 5) is 10.9. The van der Waals surface area contributed by atoms with E-state index in [1.54, 1.807) is 6.07 Å². The van der Waals surface area contributed by atoms with Crippen LogP contribution in [-0.2, 0) is 11.2 Å². The minimum Gasteiger partial charge on any atom is -0.486 e. The molecule has 17 heavy (non-hydrogen) atoms. The predicted octanol–water partition coefficient (Wildman–Crippen LogP) is 0.660. The van der Waals surface area contributed by atoms with E-state index in [9.17, 15) is 4.79 Å². The Hall–Kier alpha value is -1.75. The van der Waals surface area contributed by atoms with Gasteiger partial charge in [-0.2, -0.15) is 0 Å². The molecule has 0 amide bonds. The Bertz CT molecular complexity index is 419. The second kappa shape index (κ2) is 5.05. The van der Waals surface area contributed by atoms with E-state index in [1.165, 1.54) is 0 Å². The van der Waals surface area contributed by atoms with Crippen LogP contribution in [-0.4, -0.2) is 30.8 Å². The molecule has 0 bridgehead atoms. The Kier molecular flexibility index (Phi) is 3.49. The molecule has 0 aromatic heterocycles. The van der Waals surface area contributed by atoms with Crippen LogP contribution in [0.1, 0.15) is 5.56 Å². The number of carboxylic acid groups (broad SMARTS) is 1. The Balaban J connectivity index is 2.14. The summed E-state index contributed by atoms with van der Waals surface area (Å²) in [6.07, 6.45) is 0.405. The third-order valence-corrected chi connectivity index (χ3v) is 2.72. The quantitative estimate of drug-likeness (QED) is 0.804. The fourth-order valence-electron chi connectivity index (χ4n) is 1.77. The van der Waals surface area contributed by atoms with Crippen LogP contribution >= 0.6 is 0 Å². The van der Waals surface area contributed by atoms with Crippen LogP contribution in [0.25, 0.3) is 0 Å². The maximum Gasteiger partial charge on any atom is 0.308 e. The molecule has 1 aromatic carbocycles. The molecule has 1 atom stereocenters. The number of ether oxygens (including phenoxy) is 2. The standard InChI is InChI=1S/C12H15NO4/c13-7-9(12(14)15)5-8-1-2-10-11(6-8)17-4-3-16-10/h1-2,6,9H,3-5,7,13H2,(H,14,15). The molecule has 0 saturated carbocycles.